The number of ether oxygens (including phenoxy) is 1. The average Bonchev–Trinajstić information content (AvgIpc) is 2.87. The number of rotatable bonds is 5. The maximum Gasteiger partial charge on any atom is 0.235 e. The molecule has 2 N–H and O–H groups in total. The first-order valence-corrected chi connectivity index (χ1v) is 5.51. The van der Waals surface area contributed by atoms with Crippen molar-refractivity contribution in [2.75, 3.05) is 13.7 Å². The summed E-state index contributed by atoms with van der Waals surface area (Å²) < 4.78 is 6.87. The lowest BCUT2D eigenvalue weighted by atomic mass is 10.2. The van der Waals surface area contributed by atoms with Gasteiger partial charge in [0.25, 0.3) is 0 Å². The molecule has 6 heteroatoms. The Morgan fingerprint density at radius 1 is 1.50 bits per heavy atom. The number of hydrogen-bond donors (Lipinski definition) is 1. The van der Waals surface area contributed by atoms with Crippen molar-refractivity contribution in [1.29, 1.82) is 0 Å². The molecule has 0 aliphatic carbocycles. The molecule has 0 fully saturated rings. The van der Waals surface area contributed by atoms with Crippen LogP contribution < -0.4 is 10.5 Å². The molecule has 6 nitrogen and oxygen atoms in total. The van der Waals surface area contributed by atoms with Gasteiger partial charge in [-0.1, -0.05) is 0 Å². The monoisotopic (exact) mass is 246 g/mol. The van der Waals surface area contributed by atoms with Gasteiger partial charge in [-0.25, -0.2) is 9.97 Å². The number of hydrogen-bond acceptors (Lipinski definition) is 5. The number of ketones is 1. The normalized spacial score (nSPS) is 10.3. The highest BCUT2D eigenvalue weighted by Crippen LogP contribution is 2.17. The molecule has 0 aliphatic heterocycles. The van der Waals surface area contributed by atoms with Crippen LogP contribution in [0, 0.1) is 0 Å². The number of pyridine rings is 1. The van der Waals surface area contributed by atoms with Crippen molar-refractivity contribution >= 4 is 5.78 Å². The summed E-state index contributed by atoms with van der Waals surface area (Å²) in [6.45, 7) is 1.12. The number of imidazole rings is 1. The molecule has 2 aromatic rings. The van der Waals surface area contributed by atoms with Gasteiger partial charge in [0.1, 0.15) is 11.4 Å². The van der Waals surface area contributed by atoms with Crippen molar-refractivity contribution in [1.82, 2.24) is 14.5 Å². The molecule has 2 rings (SSSR count). The van der Waals surface area contributed by atoms with E-state index in [-0.39, 0.29) is 11.5 Å². The lowest BCUT2D eigenvalue weighted by molar-refractivity contribution is 0.102. The van der Waals surface area contributed by atoms with Gasteiger partial charge in [0.05, 0.1) is 13.4 Å². The van der Waals surface area contributed by atoms with Crippen LogP contribution in [0.4, 0.5) is 0 Å². The lowest BCUT2D eigenvalue weighted by Crippen LogP contribution is -2.09. The van der Waals surface area contributed by atoms with E-state index >= 15 is 0 Å². The van der Waals surface area contributed by atoms with Crippen LogP contribution in [0.5, 0.6) is 5.75 Å². The molecule has 0 aliphatic rings. The first-order valence-electron chi connectivity index (χ1n) is 5.51. The zero-order valence-corrected chi connectivity index (χ0v) is 10.0. The third-order valence-electron chi connectivity index (χ3n) is 2.46. The predicted molar refractivity (Wildman–Crippen MR) is 65.5 cm³/mol. The van der Waals surface area contributed by atoms with E-state index in [1.165, 1.54) is 7.11 Å². The van der Waals surface area contributed by atoms with Crippen LogP contribution in [0.15, 0.2) is 30.9 Å². The van der Waals surface area contributed by atoms with Gasteiger partial charge in [-0.2, -0.15) is 0 Å². The molecule has 0 saturated carbocycles. The van der Waals surface area contributed by atoms with Gasteiger partial charge in [-0.05, 0) is 12.1 Å². The lowest BCUT2D eigenvalue weighted by Gasteiger charge is -2.04. The highest BCUT2D eigenvalue weighted by Gasteiger charge is 2.17. The number of methoxy groups -OCH3 is 1. The maximum atomic E-state index is 12.2. The number of carbonyl (C=O) groups is 1. The topological polar surface area (TPSA) is 83.0 Å². The van der Waals surface area contributed by atoms with Crippen LogP contribution in [-0.4, -0.2) is 34.0 Å². The first-order chi connectivity index (χ1) is 8.76. The van der Waals surface area contributed by atoms with E-state index in [4.69, 9.17) is 10.5 Å². The fourth-order valence-corrected chi connectivity index (χ4v) is 1.60. The second-order valence-electron chi connectivity index (χ2n) is 3.67. The molecule has 0 spiro atoms. The number of carbonyl (C=O) groups excluding carboxylic acids is 1. The number of aromatic nitrogens is 3. The van der Waals surface area contributed by atoms with E-state index in [2.05, 4.69) is 9.97 Å². The molecular formula is C12H14N4O2. The van der Waals surface area contributed by atoms with Gasteiger partial charge >= 0.3 is 0 Å². The molecule has 2 aromatic heterocycles. The van der Waals surface area contributed by atoms with Gasteiger partial charge in [0.2, 0.25) is 5.78 Å². The third kappa shape index (κ3) is 2.38. The summed E-state index contributed by atoms with van der Waals surface area (Å²) in [5.41, 5.74) is 6.03. The second-order valence-corrected chi connectivity index (χ2v) is 3.67. The van der Waals surface area contributed by atoms with Gasteiger partial charge < -0.3 is 15.0 Å². The van der Waals surface area contributed by atoms with E-state index in [0.717, 1.165) is 0 Å². The molecule has 0 atom stereocenters. The van der Waals surface area contributed by atoms with Crippen LogP contribution in [0.2, 0.25) is 0 Å². The van der Waals surface area contributed by atoms with Gasteiger partial charge in [-0.15, -0.1) is 0 Å². The van der Waals surface area contributed by atoms with Crippen LogP contribution in [0.3, 0.4) is 0 Å². The zero-order chi connectivity index (χ0) is 13.0. The highest BCUT2D eigenvalue weighted by atomic mass is 16.5. The van der Waals surface area contributed by atoms with Gasteiger partial charge in [-0.3, -0.25) is 4.79 Å². The van der Waals surface area contributed by atoms with E-state index < -0.39 is 0 Å². The maximum absolute atomic E-state index is 12.2. The molecular weight excluding hydrogens is 232 g/mol. The van der Waals surface area contributed by atoms with Crippen LogP contribution >= 0.6 is 0 Å². The Morgan fingerprint density at radius 2 is 2.33 bits per heavy atom. The average molecular weight is 246 g/mol. The summed E-state index contributed by atoms with van der Waals surface area (Å²) in [6, 6.07) is 3.40. The molecule has 0 aromatic carbocycles. The second kappa shape index (κ2) is 5.42. The summed E-state index contributed by atoms with van der Waals surface area (Å²) in [7, 11) is 1.50. The quantitative estimate of drug-likeness (QED) is 0.776. The Balaban J connectivity index is 2.29. The van der Waals surface area contributed by atoms with E-state index in [0.29, 0.717) is 24.5 Å². The van der Waals surface area contributed by atoms with Gasteiger partial charge in [0.15, 0.2) is 5.69 Å². The molecule has 94 valence electrons. The number of nitrogens with zero attached hydrogens (tertiary/aromatic N) is 3. The highest BCUT2D eigenvalue weighted by molar-refractivity contribution is 6.07. The van der Waals surface area contributed by atoms with Crippen molar-refractivity contribution < 1.29 is 9.53 Å². The van der Waals surface area contributed by atoms with Crippen molar-refractivity contribution in [2.24, 2.45) is 5.73 Å². The third-order valence-corrected chi connectivity index (χ3v) is 2.46. The summed E-state index contributed by atoms with van der Waals surface area (Å²) in [6.07, 6.45) is 4.78. The van der Waals surface area contributed by atoms with Crippen LogP contribution in [-0.2, 0) is 6.54 Å². The summed E-state index contributed by atoms with van der Waals surface area (Å²) in [5, 5.41) is 0. The molecule has 0 saturated heterocycles. The Bertz CT molecular complexity index is 551. The smallest absolute Gasteiger partial charge is 0.235 e. The van der Waals surface area contributed by atoms with Crippen molar-refractivity contribution in [3.05, 3.63) is 42.2 Å². The Morgan fingerprint density at radius 3 is 3.06 bits per heavy atom. The van der Waals surface area contributed by atoms with Crippen molar-refractivity contribution in [3.8, 4) is 5.75 Å². The predicted octanol–water partition coefficient (Wildman–Crippen LogP) is 0.476. The minimum atomic E-state index is -0.261. The fourth-order valence-electron chi connectivity index (χ4n) is 1.60. The van der Waals surface area contributed by atoms with Gasteiger partial charge in [0, 0.05) is 25.5 Å². The Hall–Kier alpha value is -2.21. The van der Waals surface area contributed by atoms with Crippen LogP contribution in [0.1, 0.15) is 16.2 Å². The largest absolute Gasteiger partial charge is 0.494 e. The SMILES string of the molecule is COc1cccnc1C(=O)c1cn(CCN)cn1. The Labute approximate surface area is 104 Å². The fraction of sp³-hybridized carbons (Fsp3) is 0.250. The van der Waals surface area contributed by atoms with Crippen molar-refractivity contribution in [3.63, 3.8) is 0 Å². The van der Waals surface area contributed by atoms with Crippen LogP contribution in [0.25, 0.3) is 0 Å². The minimum absolute atomic E-state index is 0.261. The standard InChI is InChI=1S/C12H14N4O2/c1-18-10-3-2-5-14-11(10)12(17)9-7-16(6-4-13)8-15-9/h2-3,5,7-8H,4,6,13H2,1H3. The van der Waals surface area contributed by atoms with E-state index in [9.17, 15) is 4.79 Å². The molecule has 0 radical (unpaired) electrons. The summed E-state index contributed by atoms with van der Waals surface area (Å²) in [5.74, 6) is 0.180. The molecule has 0 unspecified atom stereocenters. The minimum Gasteiger partial charge on any atom is -0.494 e. The molecule has 0 amide bonds. The summed E-state index contributed by atoms with van der Waals surface area (Å²) >= 11 is 0. The Kier molecular flexibility index (Phi) is 3.69. The zero-order valence-electron chi connectivity index (χ0n) is 10.0. The molecule has 0 bridgehead atoms. The number of nitrogens with two attached hydrogens (primary N) is 1. The van der Waals surface area contributed by atoms with E-state index in [1.807, 2.05) is 0 Å². The molecule has 18 heavy (non-hydrogen) atoms. The van der Waals surface area contributed by atoms with Crippen molar-refractivity contribution in [2.45, 2.75) is 6.54 Å². The molecule has 2 heterocycles. The van der Waals surface area contributed by atoms with E-state index in [1.54, 1.807) is 35.4 Å². The summed E-state index contributed by atoms with van der Waals surface area (Å²) in [4.78, 5) is 20.3. The first kappa shape index (κ1) is 12.3.